The van der Waals surface area contributed by atoms with Crippen LogP contribution in [0.1, 0.15) is 42.0 Å². The van der Waals surface area contributed by atoms with Gasteiger partial charge in [0.1, 0.15) is 12.9 Å². The lowest BCUT2D eigenvalue weighted by Gasteiger charge is -2.38. The van der Waals surface area contributed by atoms with E-state index in [-0.39, 0.29) is 18.7 Å². The minimum atomic E-state index is -0.288. The first-order valence-corrected chi connectivity index (χ1v) is 9.15. The molecule has 26 heavy (non-hydrogen) atoms. The average molecular weight is 351 g/mol. The Hall–Kier alpha value is -2.62. The highest BCUT2D eigenvalue weighted by Gasteiger charge is 2.33. The van der Waals surface area contributed by atoms with Crippen molar-refractivity contribution in [1.29, 1.82) is 0 Å². The highest BCUT2D eigenvalue weighted by atomic mass is 16.6. The van der Waals surface area contributed by atoms with Gasteiger partial charge in [-0.15, -0.1) is 0 Å². The molecule has 136 valence electrons. The number of ether oxygens (including phenoxy) is 1. The number of piperidine rings is 1. The number of likely N-dealkylation sites (tertiary alicyclic amines) is 1. The third kappa shape index (κ3) is 4.51. The number of nitrogens with zero attached hydrogens (tertiary/aromatic N) is 1. The highest BCUT2D eigenvalue weighted by molar-refractivity contribution is 5.68. The number of carbonyl (C=O) groups is 2. The average Bonchev–Trinajstić information content (AvgIpc) is 2.68. The Morgan fingerprint density at radius 2 is 1.88 bits per heavy atom. The molecule has 0 radical (unpaired) electrons. The fourth-order valence-corrected chi connectivity index (χ4v) is 3.51. The lowest BCUT2D eigenvalue weighted by Crippen LogP contribution is -2.41. The Bertz CT molecular complexity index is 727. The van der Waals surface area contributed by atoms with Crippen molar-refractivity contribution in [2.75, 3.05) is 6.54 Å². The minimum Gasteiger partial charge on any atom is -0.445 e. The van der Waals surface area contributed by atoms with Gasteiger partial charge in [-0.05, 0) is 36.8 Å². The summed E-state index contributed by atoms with van der Waals surface area (Å²) in [4.78, 5) is 25.5. The van der Waals surface area contributed by atoms with Crippen molar-refractivity contribution in [2.24, 2.45) is 5.92 Å². The number of benzene rings is 2. The van der Waals surface area contributed by atoms with E-state index in [1.54, 1.807) is 0 Å². The van der Waals surface area contributed by atoms with Gasteiger partial charge < -0.3 is 14.4 Å². The molecule has 4 heteroatoms. The topological polar surface area (TPSA) is 46.6 Å². The zero-order valence-electron chi connectivity index (χ0n) is 15.1. The van der Waals surface area contributed by atoms with Crippen molar-refractivity contribution in [3.05, 3.63) is 71.3 Å². The van der Waals surface area contributed by atoms with Crippen LogP contribution in [0, 0.1) is 12.8 Å². The van der Waals surface area contributed by atoms with E-state index in [4.69, 9.17) is 4.74 Å². The van der Waals surface area contributed by atoms with Crippen LogP contribution < -0.4 is 0 Å². The molecule has 2 aromatic carbocycles. The Morgan fingerprint density at radius 3 is 2.58 bits per heavy atom. The van der Waals surface area contributed by atoms with Crippen LogP contribution in [0.15, 0.2) is 54.6 Å². The summed E-state index contributed by atoms with van der Waals surface area (Å²) >= 11 is 0. The quantitative estimate of drug-likeness (QED) is 0.735. The maximum Gasteiger partial charge on any atom is 0.410 e. The molecule has 4 nitrogen and oxygen atoms in total. The Balaban J connectivity index is 1.72. The minimum absolute atomic E-state index is 0.0439. The van der Waals surface area contributed by atoms with Crippen molar-refractivity contribution in [2.45, 2.75) is 38.8 Å². The number of hydrogen-bond acceptors (Lipinski definition) is 3. The van der Waals surface area contributed by atoms with Gasteiger partial charge in [-0.2, -0.15) is 0 Å². The van der Waals surface area contributed by atoms with Crippen molar-refractivity contribution in [3.63, 3.8) is 0 Å². The summed E-state index contributed by atoms with van der Waals surface area (Å²) in [7, 11) is 0. The number of hydrogen-bond donors (Lipinski definition) is 0. The molecule has 0 aromatic heterocycles. The molecule has 3 rings (SSSR count). The molecule has 2 aromatic rings. The van der Waals surface area contributed by atoms with Crippen LogP contribution in [0.4, 0.5) is 4.79 Å². The summed E-state index contributed by atoms with van der Waals surface area (Å²) in [6, 6.07) is 17.9. The summed E-state index contributed by atoms with van der Waals surface area (Å²) in [6.07, 6.45) is 2.88. The van der Waals surface area contributed by atoms with E-state index in [0.717, 1.165) is 30.3 Å². The van der Waals surface area contributed by atoms with Gasteiger partial charge >= 0.3 is 6.09 Å². The third-order valence-corrected chi connectivity index (χ3v) is 5.04. The monoisotopic (exact) mass is 351 g/mol. The molecular formula is C22H25NO3. The van der Waals surface area contributed by atoms with Crippen LogP contribution in [0.2, 0.25) is 0 Å². The Labute approximate surface area is 154 Å². The van der Waals surface area contributed by atoms with Gasteiger partial charge in [-0.1, -0.05) is 60.2 Å². The van der Waals surface area contributed by atoms with E-state index in [9.17, 15) is 9.59 Å². The van der Waals surface area contributed by atoms with Gasteiger partial charge in [0.15, 0.2) is 0 Å². The SMILES string of the molecule is Cc1ccc([C@@H]2CC(CC=O)CCN2C(=O)OCc2ccccc2)cc1. The fourth-order valence-electron chi connectivity index (χ4n) is 3.51. The number of rotatable bonds is 5. The maximum atomic E-state index is 12.7. The molecule has 1 heterocycles. The van der Waals surface area contributed by atoms with Crippen molar-refractivity contribution in [3.8, 4) is 0 Å². The van der Waals surface area contributed by atoms with Gasteiger partial charge in [-0.3, -0.25) is 0 Å². The van der Waals surface area contributed by atoms with E-state index in [1.165, 1.54) is 5.56 Å². The van der Waals surface area contributed by atoms with Crippen molar-refractivity contribution >= 4 is 12.4 Å². The van der Waals surface area contributed by atoms with Gasteiger partial charge in [0.2, 0.25) is 0 Å². The highest BCUT2D eigenvalue weighted by Crippen LogP contribution is 2.36. The summed E-state index contributed by atoms with van der Waals surface area (Å²) in [5, 5.41) is 0. The van der Waals surface area contributed by atoms with E-state index in [2.05, 4.69) is 24.3 Å². The molecule has 1 aliphatic rings. The summed E-state index contributed by atoms with van der Waals surface area (Å²) < 4.78 is 5.56. The van der Waals surface area contributed by atoms with Gasteiger partial charge in [0.05, 0.1) is 6.04 Å². The first kappa shape index (κ1) is 18.2. The lowest BCUT2D eigenvalue weighted by atomic mass is 9.85. The molecule has 0 spiro atoms. The van der Waals surface area contributed by atoms with Crippen LogP contribution >= 0.6 is 0 Å². The summed E-state index contributed by atoms with van der Waals surface area (Å²) in [6.45, 7) is 2.94. The molecule has 0 N–H and O–H groups in total. The molecule has 1 unspecified atom stereocenters. The van der Waals surface area contributed by atoms with E-state index < -0.39 is 0 Å². The first-order valence-electron chi connectivity index (χ1n) is 9.15. The van der Waals surface area contributed by atoms with Crippen molar-refractivity contribution < 1.29 is 14.3 Å². The summed E-state index contributed by atoms with van der Waals surface area (Å²) in [5.41, 5.74) is 3.26. The van der Waals surface area contributed by atoms with Crippen LogP contribution in [0.5, 0.6) is 0 Å². The molecule has 0 aliphatic carbocycles. The number of aldehydes is 1. The molecule has 1 aliphatic heterocycles. The van der Waals surface area contributed by atoms with Gasteiger partial charge in [0, 0.05) is 13.0 Å². The molecule has 1 amide bonds. The summed E-state index contributed by atoms with van der Waals surface area (Å²) in [5.74, 6) is 0.317. The van der Waals surface area contributed by atoms with E-state index in [1.807, 2.05) is 42.2 Å². The van der Waals surface area contributed by atoms with Gasteiger partial charge in [-0.25, -0.2) is 4.79 Å². The predicted octanol–water partition coefficient (Wildman–Crippen LogP) is 4.67. The van der Waals surface area contributed by atoms with E-state index in [0.29, 0.717) is 18.9 Å². The second-order valence-electron chi connectivity index (χ2n) is 6.95. The Kier molecular flexibility index (Phi) is 6.05. The van der Waals surface area contributed by atoms with Crippen molar-refractivity contribution in [1.82, 2.24) is 4.90 Å². The largest absolute Gasteiger partial charge is 0.445 e. The molecular weight excluding hydrogens is 326 g/mol. The Morgan fingerprint density at radius 1 is 1.15 bits per heavy atom. The van der Waals surface area contributed by atoms with Crippen LogP contribution in [-0.4, -0.2) is 23.8 Å². The fraction of sp³-hybridized carbons (Fsp3) is 0.364. The zero-order chi connectivity index (χ0) is 18.4. The number of aryl methyl sites for hydroxylation is 1. The first-order chi connectivity index (χ1) is 12.7. The lowest BCUT2D eigenvalue weighted by molar-refractivity contribution is -0.109. The van der Waals surface area contributed by atoms with Crippen LogP contribution in [0.3, 0.4) is 0 Å². The van der Waals surface area contributed by atoms with Crippen LogP contribution in [-0.2, 0) is 16.1 Å². The van der Waals surface area contributed by atoms with E-state index >= 15 is 0 Å². The van der Waals surface area contributed by atoms with Gasteiger partial charge in [0.25, 0.3) is 0 Å². The molecule has 2 atom stereocenters. The van der Waals surface area contributed by atoms with Crippen LogP contribution in [0.25, 0.3) is 0 Å². The second kappa shape index (κ2) is 8.65. The second-order valence-corrected chi connectivity index (χ2v) is 6.95. The zero-order valence-corrected chi connectivity index (χ0v) is 15.1. The normalized spacial score (nSPS) is 19.8. The predicted molar refractivity (Wildman–Crippen MR) is 101 cm³/mol. The molecule has 1 fully saturated rings. The molecule has 1 saturated heterocycles. The standard InChI is InChI=1S/C22H25NO3/c1-17-7-9-20(10-8-17)21-15-18(12-14-24)11-13-23(21)22(25)26-16-19-5-3-2-4-6-19/h2-10,14,18,21H,11-13,15-16H2,1H3/t18?,21-/m0/s1. The third-order valence-electron chi connectivity index (χ3n) is 5.04. The number of carbonyl (C=O) groups excluding carboxylic acids is 2. The molecule has 0 saturated carbocycles. The number of amides is 1. The maximum absolute atomic E-state index is 12.7. The smallest absolute Gasteiger partial charge is 0.410 e. The molecule has 0 bridgehead atoms.